The summed E-state index contributed by atoms with van der Waals surface area (Å²) in [7, 11) is 0. The molecule has 4 rings (SSSR count). The summed E-state index contributed by atoms with van der Waals surface area (Å²) in [6, 6.07) is 9.73. The summed E-state index contributed by atoms with van der Waals surface area (Å²) in [5.74, 6) is 0. The molecular weight excluding hydrogens is 314 g/mol. The molecule has 1 aromatic heterocycles. The minimum Gasteiger partial charge on any atom is -0.302 e. The van der Waals surface area contributed by atoms with Gasteiger partial charge >= 0.3 is 0 Å². The average Bonchev–Trinajstić information content (AvgIpc) is 3.13. The zero-order chi connectivity index (χ0) is 16.4. The van der Waals surface area contributed by atoms with Crippen LogP contribution >= 0.6 is 11.3 Å². The molecule has 0 amide bonds. The molecule has 3 nitrogen and oxygen atoms in total. The maximum atomic E-state index is 4.60. The molecule has 0 spiro atoms. The topological polar surface area (TPSA) is 19.4 Å². The van der Waals surface area contributed by atoms with Gasteiger partial charge in [0.2, 0.25) is 0 Å². The van der Waals surface area contributed by atoms with E-state index in [9.17, 15) is 0 Å². The van der Waals surface area contributed by atoms with Gasteiger partial charge in [-0.3, -0.25) is 4.90 Å². The van der Waals surface area contributed by atoms with Crippen LogP contribution in [-0.2, 0) is 19.3 Å². The van der Waals surface area contributed by atoms with Gasteiger partial charge in [-0.1, -0.05) is 24.3 Å². The third-order valence-electron chi connectivity index (χ3n) is 5.52. The van der Waals surface area contributed by atoms with Gasteiger partial charge in [0, 0.05) is 37.5 Å². The molecule has 1 aliphatic heterocycles. The van der Waals surface area contributed by atoms with Crippen LogP contribution in [0.3, 0.4) is 0 Å². The summed E-state index contributed by atoms with van der Waals surface area (Å²) < 4.78 is 0. The molecule has 0 unspecified atom stereocenters. The van der Waals surface area contributed by atoms with Gasteiger partial charge in [0.25, 0.3) is 0 Å². The second kappa shape index (κ2) is 7.34. The molecule has 1 aliphatic carbocycles. The Labute approximate surface area is 149 Å². The lowest BCUT2D eigenvalue weighted by molar-refractivity contribution is 0.202. The van der Waals surface area contributed by atoms with E-state index in [1.807, 2.05) is 0 Å². The maximum Gasteiger partial charge on any atom is 0.0897 e. The molecule has 4 heteroatoms. The van der Waals surface area contributed by atoms with Gasteiger partial charge in [-0.05, 0) is 50.4 Å². The SMILES string of the molecule is Cc1nc(CCN2CCCN(C3Cc4ccccc4C3)CC2)cs1. The quantitative estimate of drug-likeness (QED) is 0.851. The van der Waals surface area contributed by atoms with E-state index in [4.69, 9.17) is 0 Å². The summed E-state index contributed by atoms with van der Waals surface area (Å²) in [5, 5.41) is 3.41. The third kappa shape index (κ3) is 3.71. The third-order valence-corrected chi connectivity index (χ3v) is 6.34. The monoisotopic (exact) mass is 341 g/mol. The second-order valence-corrected chi connectivity index (χ2v) is 8.23. The zero-order valence-corrected chi connectivity index (χ0v) is 15.4. The molecule has 0 saturated carbocycles. The van der Waals surface area contributed by atoms with Gasteiger partial charge in [-0.15, -0.1) is 11.3 Å². The Bertz CT molecular complexity index is 656. The van der Waals surface area contributed by atoms with Gasteiger partial charge < -0.3 is 4.90 Å². The molecule has 0 radical (unpaired) electrons. The van der Waals surface area contributed by atoms with Crippen molar-refractivity contribution in [1.29, 1.82) is 0 Å². The number of aromatic nitrogens is 1. The van der Waals surface area contributed by atoms with Crippen LogP contribution in [0.5, 0.6) is 0 Å². The van der Waals surface area contributed by atoms with Gasteiger partial charge in [-0.2, -0.15) is 0 Å². The molecule has 0 atom stereocenters. The van der Waals surface area contributed by atoms with E-state index in [1.54, 1.807) is 22.5 Å². The fourth-order valence-corrected chi connectivity index (χ4v) is 4.82. The summed E-state index contributed by atoms with van der Waals surface area (Å²) in [4.78, 5) is 9.98. The number of hydrogen-bond donors (Lipinski definition) is 0. The predicted octanol–water partition coefficient (Wildman–Crippen LogP) is 3.17. The Morgan fingerprint density at radius 3 is 2.58 bits per heavy atom. The Balaban J connectivity index is 1.29. The van der Waals surface area contributed by atoms with Crippen molar-refractivity contribution in [1.82, 2.24) is 14.8 Å². The number of rotatable bonds is 4. The highest BCUT2D eigenvalue weighted by atomic mass is 32.1. The number of benzene rings is 1. The molecule has 128 valence electrons. The largest absolute Gasteiger partial charge is 0.302 e. The Kier molecular flexibility index (Phi) is 4.97. The van der Waals surface area contributed by atoms with E-state index < -0.39 is 0 Å². The number of hydrogen-bond acceptors (Lipinski definition) is 4. The Hall–Kier alpha value is -1.23. The summed E-state index contributed by atoms with van der Waals surface area (Å²) in [6.07, 6.45) is 4.88. The van der Waals surface area contributed by atoms with Crippen molar-refractivity contribution in [3.05, 3.63) is 51.5 Å². The van der Waals surface area contributed by atoms with Crippen LogP contribution in [0.15, 0.2) is 29.6 Å². The first-order chi connectivity index (χ1) is 11.8. The lowest BCUT2D eigenvalue weighted by atomic mass is 10.1. The molecule has 2 heterocycles. The summed E-state index contributed by atoms with van der Waals surface area (Å²) in [5.41, 5.74) is 4.41. The molecule has 0 N–H and O–H groups in total. The number of nitrogens with zero attached hydrogens (tertiary/aromatic N) is 3. The van der Waals surface area contributed by atoms with Gasteiger partial charge in [0.15, 0.2) is 0 Å². The van der Waals surface area contributed by atoms with Crippen molar-refractivity contribution in [2.75, 3.05) is 32.7 Å². The van der Waals surface area contributed by atoms with E-state index in [0.717, 1.165) is 19.0 Å². The molecular formula is C20H27N3S. The molecule has 24 heavy (non-hydrogen) atoms. The van der Waals surface area contributed by atoms with Crippen LogP contribution in [0.1, 0.15) is 28.2 Å². The molecule has 1 aromatic carbocycles. The normalized spacial score (nSPS) is 20.2. The minimum atomic E-state index is 0.726. The van der Waals surface area contributed by atoms with Crippen LogP contribution in [0.25, 0.3) is 0 Å². The summed E-state index contributed by atoms with van der Waals surface area (Å²) >= 11 is 1.77. The predicted molar refractivity (Wildman–Crippen MR) is 101 cm³/mol. The highest BCUT2D eigenvalue weighted by Gasteiger charge is 2.27. The molecule has 2 aliphatic rings. The fourth-order valence-electron chi connectivity index (χ4n) is 4.17. The highest BCUT2D eigenvalue weighted by Crippen LogP contribution is 2.26. The number of fused-ring (bicyclic) bond motifs is 1. The van der Waals surface area contributed by atoms with E-state index >= 15 is 0 Å². The first-order valence-electron chi connectivity index (χ1n) is 9.22. The van der Waals surface area contributed by atoms with E-state index in [-0.39, 0.29) is 0 Å². The average molecular weight is 342 g/mol. The van der Waals surface area contributed by atoms with Crippen LogP contribution in [0, 0.1) is 6.92 Å². The minimum absolute atomic E-state index is 0.726. The van der Waals surface area contributed by atoms with E-state index in [2.05, 4.69) is 51.4 Å². The number of aryl methyl sites for hydroxylation is 1. The Morgan fingerprint density at radius 2 is 1.88 bits per heavy atom. The van der Waals surface area contributed by atoms with Crippen molar-refractivity contribution < 1.29 is 0 Å². The zero-order valence-electron chi connectivity index (χ0n) is 14.6. The fraction of sp³-hybridized carbons (Fsp3) is 0.550. The van der Waals surface area contributed by atoms with Crippen molar-refractivity contribution in [3.8, 4) is 0 Å². The van der Waals surface area contributed by atoms with Gasteiger partial charge in [-0.25, -0.2) is 4.98 Å². The van der Waals surface area contributed by atoms with Crippen LogP contribution in [0.4, 0.5) is 0 Å². The molecule has 0 bridgehead atoms. The van der Waals surface area contributed by atoms with Gasteiger partial charge in [0.1, 0.15) is 0 Å². The molecule has 1 saturated heterocycles. The lowest BCUT2D eigenvalue weighted by Gasteiger charge is -2.27. The second-order valence-electron chi connectivity index (χ2n) is 7.17. The van der Waals surface area contributed by atoms with Crippen LogP contribution in [-0.4, -0.2) is 53.5 Å². The molecule has 2 aromatic rings. The van der Waals surface area contributed by atoms with E-state index in [1.165, 1.54) is 56.1 Å². The highest BCUT2D eigenvalue weighted by molar-refractivity contribution is 7.09. The van der Waals surface area contributed by atoms with Crippen molar-refractivity contribution in [2.24, 2.45) is 0 Å². The first kappa shape index (κ1) is 16.2. The van der Waals surface area contributed by atoms with Gasteiger partial charge in [0.05, 0.1) is 10.7 Å². The van der Waals surface area contributed by atoms with Crippen molar-refractivity contribution in [3.63, 3.8) is 0 Å². The standard InChI is InChI=1S/C20H27N3S/c1-16-21-19(15-24-16)7-10-22-8-4-9-23(12-11-22)20-13-17-5-2-3-6-18(17)14-20/h2-3,5-6,15,20H,4,7-14H2,1H3. The first-order valence-corrected chi connectivity index (χ1v) is 10.1. The molecule has 1 fully saturated rings. The van der Waals surface area contributed by atoms with Crippen LogP contribution < -0.4 is 0 Å². The smallest absolute Gasteiger partial charge is 0.0897 e. The summed E-state index contributed by atoms with van der Waals surface area (Å²) in [6.45, 7) is 8.16. The Morgan fingerprint density at radius 1 is 1.08 bits per heavy atom. The van der Waals surface area contributed by atoms with Crippen LogP contribution in [0.2, 0.25) is 0 Å². The lowest BCUT2D eigenvalue weighted by Crippen LogP contribution is -2.39. The van der Waals surface area contributed by atoms with Crippen molar-refractivity contribution in [2.45, 2.75) is 38.6 Å². The van der Waals surface area contributed by atoms with E-state index in [0.29, 0.717) is 0 Å². The maximum absolute atomic E-state index is 4.60. The van der Waals surface area contributed by atoms with Crippen molar-refractivity contribution >= 4 is 11.3 Å². The number of thiazole rings is 1.